The summed E-state index contributed by atoms with van der Waals surface area (Å²) in [6, 6.07) is 7.74. The molecule has 0 saturated heterocycles. The molecule has 5 rings (SSSR count). The van der Waals surface area contributed by atoms with Crippen molar-refractivity contribution >= 4 is 38.8 Å². The Bertz CT molecular complexity index is 1270. The molecular weight excluding hydrogens is 476 g/mol. The van der Waals surface area contributed by atoms with E-state index in [1.165, 1.54) is 6.39 Å². The summed E-state index contributed by atoms with van der Waals surface area (Å²) >= 11 is 3.50. The van der Waals surface area contributed by atoms with Gasteiger partial charge in [-0.1, -0.05) is 6.92 Å². The van der Waals surface area contributed by atoms with Gasteiger partial charge in [0, 0.05) is 30.3 Å². The van der Waals surface area contributed by atoms with Crippen molar-refractivity contribution in [3.63, 3.8) is 0 Å². The van der Waals surface area contributed by atoms with Crippen LogP contribution in [0.5, 0.6) is 0 Å². The van der Waals surface area contributed by atoms with Crippen molar-refractivity contribution in [2.75, 3.05) is 12.4 Å². The second-order valence-electron chi connectivity index (χ2n) is 8.15. The Morgan fingerprint density at radius 3 is 2.84 bits per heavy atom. The van der Waals surface area contributed by atoms with E-state index in [0.717, 1.165) is 35.9 Å². The largest absolute Gasteiger partial charge is 0.423 e. The van der Waals surface area contributed by atoms with Crippen LogP contribution in [0.15, 0.2) is 45.9 Å². The molecule has 11 heteroatoms. The number of hydrogen-bond acceptors (Lipinski definition) is 8. The van der Waals surface area contributed by atoms with Gasteiger partial charge in [0.2, 0.25) is 24.1 Å². The van der Waals surface area contributed by atoms with Crippen LogP contribution in [0.2, 0.25) is 0 Å². The van der Waals surface area contributed by atoms with Gasteiger partial charge in [0.25, 0.3) is 0 Å². The maximum atomic E-state index is 12.2. The third-order valence-electron chi connectivity index (χ3n) is 5.95. The first-order chi connectivity index (χ1) is 15.5. The molecule has 3 heterocycles. The molecule has 1 aliphatic carbocycles. The third-order valence-corrected chi connectivity index (χ3v) is 6.53. The van der Waals surface area contributed by atoms with Crippen LogP contribution in [0.25, 0.3) is 28.2 Å². The fourth-order valence-corrected chi connectivity index (χ4v) is 4.66. The van der Waals surface area contributed by atoms with E-state index >= 15 is 0 Å². The van der Waals surface area contributed by atoms with Gasteiger partial charge < -0.3 is 15.1 Å². The molecule has 1 fully saturated rings. The van der Waals surface area contributed by atoms with E-state index in [0.29, 0.717) is 22.1 Å². The fraction of sp³-hybridized carbons (Fsp3) is 0.333. The van der Waals surface area contributed by atoms with Crippen LogP contribution >= 0.6 is 15.9 Å². The number of benzene rings is 1. The lowest BCUT2D eigenvalue weighted by Crippen LogP contribution is -2.35. The molecule has 2 N–H and O–H groups in total. The minimum Gasteiger partial charge on any atom is -0.423 e. The molecule has 0 bridgehead atoms. The molecule has 2 atom stereocenters. The number of amides is 1. The Labute approximate surface area is 192 Å². The van der Waals surface area contributed by atoms with Gasteiger partial charge in [-0.2, -0.15) is 10.1 Å². The van der Waals surface area contributed by atoms with Crippen molar-refractivity contribution in [1.82, 2.24) is 35.3 Å². The average molecular weight is 497 g/mol. The smallest absolute Gasteiger partial charge is 0.247 e. The van der Waals surface area contributed by atoms with Crippen molar-refractivity contribution < 1.29 is 9.21 Å². The summed E-state index contributed by atoms with van der Waals surface area (Å²) in [5.41, 5.74) is 1.95. The summed E-state index contributed by atoms with van der Waals surface area (Å²) in [5.74, 6) is 1.04. The number of rotatable bonds is 5. The van der Waals surface area contributed by atoms with E-state index in [1.807, 2.05) is 31.2 Å². The van der Waals surface area contributed by atoms with Crippen LogP contribution in [0.3, 0.4) is 0 Å². The number of carbonyl (C=O) groups excluding carboxylic acids is 1. The Hall–Kier alpha value is -3.34. The molecule has 0 aliphatic heterocycles. The Kier molecular flexibility index (Phi) is 5.12. The number of hydrogen-bond donors (Lipinski definition) is 2. The van der Waals surface area contributed by atoms with Gasteiger partial charge in [-0.05, 0) is 59.5 Å². The summed E-state index contributed by atoms with van der Waals surface area (Å²) in [6.07, 6.45) is 5.48. The second kappa shape index (κ2) is 7.97. The normalized spacial score (nSPS) is 20.5. The van der Waals surface area contributed by atoms with Crippen molar-refractivity contribution in [2.45, 2.75) is 32.2 Å². The van der Waals surface area contributed by atoms with Crippen LogP contribution in [-0.2, 0) is 4.79 Å². The van der Waals surface area contributed by atoms with E-state index < -0.39 is 0 Å². The van der Waals surface area contributed by atoms with E-state index in [9.17, 15) is 4.79 Å². The standard InChI is InChI=1S/C21H21BrN8O2/c1-21(19(31)23-2)8-7-13(9-21)26-20-24-10-15-16(22)29-30(17(15)27-20)14-5-3-12(4-6-14)18-28-25-11-32-18/h3-6,10-11,13H,7-9H2,1-2H3,(H,23,31)(H,24,26,27)/t13-,21-/m1/s1. The molecule has 0 spiro atoms. The van der Waals surface area contributed by atoms with Crippen LogP contribution in [-0.4, -0.2) is 48.9 Å². The topological polar surface area (TPSA) is 124 Å². The van der Waals surface area contributed by atoms with Crippen molar-refractivity contribution in [3.05, 3.63) is 41.5 Å². The Balaban J connectivity index is 1.42. The zero-order valence-corrected chi connectivity index (χ0v) is 19.1. The van der Waals surface area contributed by atoms with Crippen LogP contribution in [0, 0.1) is 5.41 Å². The maximum Gasteiger partial charge on any atom is 0.247 e. The van der Waals surface area contributed by atoms with Crippen LogP contribution in [0.1, 0.15) is 26.2 Å². The summed E-state index contributed by atoms with van der Waals surface area (Å²) in [6.45, 7) is 2.00. The molecule has 0 unspecified atom stereocenters. The van der Waals surface area contributed by atoms with E-state index in [2.05, 4.69) is 46.8 Å². The van der Waals surface area contributed by atoms with Gasteiger partial charge in [-0.3, -0.25) is 4.79 Å². The van der Waals surface area contributed by atoms with Crippen LogP contribution < -0.4 is 10.6 Å². The number of anilines is 1. The quantitative estimate of drug-likeness (QED) is 0.431. The van der Waals surface area contributed by atoms with Gasteiger partial charge >= 0.3 is 0 Å². The number of carbonyl (C=O) groups is 1. The molecule has 1 saturated carbocycles. The molecule has 164 valence electrons. The molecular formula is C21H21BrN8O2. The van der Waals surface area contributed by atoms with E-state index in [4.69, 9.17) is 9.40 Å². The van der Waals surface area contributed by atoms with E-state index in [-0.39, 0.29) is 17.4 Å². The first kappa shape index (κ1) is 20.6. The highest BCUT2D eigenvalue weighted by atomic mass is 79.9. The Morgan fingerprint density at radius 2 is 2.12 bits per heavy atom. The lowest BCUT2D eigenvalue weighted by Gasteiger charge is -2.22. The minimum absolute atomic E-state index is 0.0733. The molecule has 3 aromatic heterocycles. The van der Waals surface area contributed by atoms with Crippen molar-refractivity contribution in [3.8, 4) is 17.1 Å². The van der Waals surface area contributed by atoms with Gasteiger partial charge in [0.15, 0.2) is 5.65 Å². The molecule has 4 aromatic rings. The predicted octanol–water partition coefficient (Wildman–Crippen LogP) is 3.34. The lowest BCUT2D eigenvalue weighted by molar-refractivity contribution is -0.129. The fourth-order valence-electron chi connectivity index (χ4n) is 4.22. The third kappa shape index (κ3) is 3.62. The lowest BCUT2D eigenvalue weighted by atomic mass is 9.87. The highest BCUT2D eigenvalue weighted by molar-refractivity contribution is 9.10. The molecule has 1 aliphatic rings. The zero-order valence-electron chi connectivity index (χ0n) is 17.5. The molecule has 10 nitrogen and oxygen atoms in total. The number of nitrogens with one attached hydrogen (secondary N) is 2. The SMILES string of the molecule is CNC(=O)[C@]1(C)CC[C@@H](Nc2ncc3c(Br)nn(-c4ccc(-c5nnco5)cc4)c3n2)C1. The summed E-state index contributed by atoms with van der Waals surface area (Å²) in [7, 11) is 1.68. The second-order valence-corrected chi connectivity index (χ2v) is 8.90. The highest BCUT2D eigenvalue weighted by Crippen LogP contribution is 2.39. The minimum atomic E-state index is -0.374. The van der Waals surface area contributed by atoms with Crippen molar-refractivity contribution in [2.24, 2.45) is 5.41 Å². The molecule has 1 amide bonds. The van der Waals surface area contributed by atoms with Gasteiger partial charge in [0.1, 0.15) is 4.60 Å². The first-order valence-electron chi connectivity index (χ1n) is 10.2. The first-order valence-corrected chi connectivity index (χ1v) is 11.0. The summed E-state index contributed by atoms with van der Waals surface area (Å²) < 4.78 is 7.67. The van der Waals surface area contributed by atoms with E-state index in [1.54, 1.807) is 17.9 Å². The van der Waals surface area contributed by atoms with Gasteiger partial charge in [-0.25, -0.2) is 9.67 Å². The molecule has 0 radical (unpaired) electrons. The summed E-state index contributed by atoms with van der Waals surface area (Å²) in [4.78, 5) is 21.4. The monoisotopic (exact) mass is 496 g/mol. The molecule has 32 heavy (non-hydrogen) atoms. The molecule has 1 aromatic carbocycles. The number of nitrogens with zero attached hydrogens (tertiary/aromatic N) is 6. The maximum absolute atomic E-state index is 12.2. The van der Waals surface area contributed by atoms with Gasteiger partial charge in [-0.15, -0.1) is 10.2 Å². The number of fused-ring (bicyclic) bond motifs is 1. The number of aromatic nitrogens is 6. The zero-order chi connectivity index (χ0) is 22.3. The van der Waals surface area contributed by atoms with Crippen molar-refractivity contribution in [1.29, 1.82) is 0 Å². The highest BCUT2D eigenvalue weighted by Gasteiger charge is 2.40. The number of halogens is 1. The Morgan fingerprint density at radius 1 is 1.31 bits per heavy atom. The summed E-state index contributed by atoms with van der Waals surface area (Å²) in [5, 5.41) is 19.2. The average Bonchev–Trinajstić information content (AvgIpc) is 3.54. The van der Waals surface area contributed by atoms with Crippen LogP contribution in [0.4, 0.5) is 5.95 Å². The van der Waals surface area contributed by atoms with Gasteiger partial charge in [0.05, 0.1) is 11.1 Å². The predicted molar refractivity (Wildman–Crippen MR) is 121 cm³/mol.